The van der Waals surface area contributed by atoms with E-state index in [9.17, 15) is 16.8 Å². The average Bonchev–Trinajstić information content (AvgIpc) is 2.47. The van der Waals surface area contributed by atoms with Gasteiger partial charge in [0.1, 0.15) is 5.84 Å². The minimum absolute atomic E-state index is 0.0348. The third kappa shape index (κ3) is 11.9. The van der Waals surface area contributed by atoms with Crippen molar-refractivity contribution in [3.63, 3.8) is 0 Å². The Hall–Kier alpha value is -1.57. The molecule has 5 N–H and O–H groups in total. The second-order valence-corrected chi connectivity index (χ2v) is 8.36. The molecule has 10 nitrogen and oxygen atoms in total. The molecular formula is C14H25N3O7S2. The van der Waals surface area contributed by atoms with Gasteiger partial charge in [-0.2, -0.15) is 16.8 Å². The molecule has 12 heteroatoms. The van der Waals surface area contributed by atoms with Gasteiger partial charge in [0, 0.05) is 19.3 Å². The fourth-order valence-corrected chi connectivity index (χ4v) is 2.05. The van der Waals surface area contributed by atoms with Crippen molar-refractivity contribution in [2.45, 2.75) is 18.6 Å². The number of piperidine rings is 1. The summed E-state index contributed by atoms with van der Waals surface area (Å²) in [4.78, 5) is 1.94. The highest BCUT2D eigenvalue weighted by Crippen LogP contribution is 2.21. The quantitative estimate of drug-likeness (QED) is 0.497. The summed E-state index contributed by atoms with van der Waals surface area (Å²) < 4.78 is 57.0. The van der Waals surface area contributed by atoms with E-state index in [1.165, 1.54) is 0 Å². The van der Waals surface area contributed by atoms with Crippen LogP contribution < -0.4 is 10.6 Å². The molecule has 0 bridgehead atoms. The molecule has 1 heterocycles. The van der Waals surface area contributed by atoms with Crippen LogP contribution in [0.2, 0.25) is 0 Å². The lowest BCUT2D eigenvalue weighted by Crippen LogP contribution is -2.56. The van der Waals surface area contributed by atoms with E-state index in [1.807, 2.05) is 35.2 Å². The number of rotatable bonds is 2. The Morgan fingerprint density at radius 3 is 1.92 bits per heavy atom. The van der Waals surface area contributed by atoms with Crippen LogP contribution in [-0.4, -0.2) is 70.1 Å². The van der Waals surface area contributed by atoms with Crippen LogP contribution in [0.15, 0.2) is 30.3 Å². The Labute approximate surface area is 154 Å². The van der Waals surface area contributed by atoms with Crippen LogP contribution in [0.5, 0.6) is 0 Å². The van der Waals surface area contributed by atoms with Crippen LogP contribution in [0.1, 0.15) is 6.42 Å². The second-order valence-electron chi connectivity index (χ2n) is 5.43. The van der Waals surface area contributed by atoms with E-state index >= 15 is 0 Å². The Morgan fingerprint density at radius 1 is 1.12 bits per heavy atom. The number of methoxy groups -OCH3 is 1. The number of anilines is 1. The predicted octanol–water partition coefficient (Wildman–Crippen LogP) is 0.224. The van der Waals surface area contributed by atoms with E-state index in [1.54, 1.807) is 7.11 Å². The van der Waals surface area contributed by atoms with Gasteiger partial charge in [0.25, 0.3) is 20.2 Å². The summed E-state index contributed by atoms with van der Waals surface area (Å²) in [7, 11) is -5.68. The molecule has 150 valence electrons. The Balaban J connectivity index is 0.000000520. The van der Waals surface area contributed by atoms with Crippen LogP contribution in [-0.2, 0) is 25.0 Å². The number of ether oxygens (including phenoxy) is 1. The first-order valence-electron chi connectivity index (χ1n) is 7.28. The molecule has 2 unspecified atom stereocenters. The SMILES string of the molecule is COC1CCN(c2ccccc2)C(=N)C1N.CS(=O)(=O)O.CS(=O)(=O)O. The van der Waals surface area contributed by atoms with E-state index in [0.717, 1.165) is 18.7 Å². The van der Waals surface area contributed by atoms with Crippen LogP contribution in [0.3, 0.4) is 0 Å². The fourth-order valence-electron chi connectivity index (χ4n) is 2.05. The van der Waals surface area contributed by atoms with Gasteiger partial charge in [-0.25, -0.2) is 0 Å². The first-order chi connectivity index (χ1) is 11.7. The fraction of sp³-hybridized carbons (Fsp3) is 0.500. The summed E-state index contributed by atoms with van der Waals surface area (Å²) in [5, 5.41) is 8.04. The maximum Gasteiger partial charge on any atom is 0.261 e. The van der Waals surface area contributed by atoms with Crippen molar-refractivity contribution in [3.8, 4) is 0 Å². The first-order valence-corrected chi connectivity index (χ1v) is 11.0. The van der Waals surface area contributed by atoms with Crippen molar-refractivity contribution >= 4 is 31.8 Å². The zero-order chi connectivity index (χ0) is 20.5. The molecule has 1 aromatic carbocycles. The molecule has 1 saturated heterocycles. The smallest absolute Gasteiger partial charge is 0.261 e. The van der Waals surface area contributed by atoms with Crippen LogP contribution in [0, 0.1) is 5.41 Å². The van der Waals surface area contributed by atoms with Crippen molar-refractivity contribution in [1.29, 1.82) is 5.41 Å². The van der Waals surface area contributed by atoms with Crippen LogP contribution in [0.25, 0.3) is 0 Å². The van der Waals surface area contributed by atoms with E-state index in [0.29, 0.717) is 18.3 Å². The highest BCUT2D eigenvalue weighted by Gasteiger charge is 2.31. The van der Waals surface area contributed by atoms with Gasteiger partial charge in [-0.15, -0.1) is 0 Å². The first kappa shape index (κ1) is 24.4. The number of para-hydroxylation sites is 1. The predicted molar refractivity (Wildman–Crippen MR) is 99.8 cm³/mol. The van der Waals surface area contributed by atoms with Crippen molar-refractivity contribution in [1.82, 2.24) is 0 Å². The summed E-state index contributed by atoms with van der Waals surface area (Å²) in [5.74, 6) is 0.435. The molecule has 1 aliphatic heterocycles. The summed E-state index contributed by atoms with van der Waals surface area (Å²) >= 11 is 0. The van der Waals surface area contributed by atoms with Gasteiger partial charge in [0.05, 0.1) is 24.7 Å². The lowest BCUT2D eigenvalue weighted by Gasteiger charge is -2.37. The topological polar surface area (TPSA) is 171 Å². The van der Waals surface area contributed by atoms with E-state index in [2.05, 4.69) is 0 Å². The Kier molecular flexibility index (Phi) is 9.91. The lowest BCUT2D eigenvalue weighted by atomic mass is 10.0. The molecule has 0 radical (unpaired) electrons. The number of hydrogen-bond donors (Lipinski definition) is 4. The van der Waals surface area contributed by atoms with Crippen molar-refractivity contribution in [3.05, 3.63) is 30.3 Å². The molecule has 0 aliphatic carbocycles. The maximum atomic E-state index is 9.19. The lowest BCUT2D eigenvalue weighted by molar-refractivity contribution is 0.0860. The van der Waals surface area contributed by atoms with Gasteiger partial charge in [-0.3, -0.25) is 14.5 Å². The number of nitrogens with two attached hydrogens (primary N) is 1. The van der Waals surface area contributed by atoms with Gasteiger partial charge >= 0.3 is 0 Å². The molecule has 1 aliphatic rings. The highest BCUT2D eigenvalue weighted by atomic mass is 32.2. The molecule has 0 aromatic heterocycles. The minimum Gasteiger partial charge on any atom is -0.379 e. The highest BCUT2D eigenvalue weighted by molar-refractivity contribution is 7.85. The zero-order valence-electron chi connectivity index (χ0n) is 14.7. The van der Waals surface area contributed by atoms with Crippen molar-refractivity contribution < 1.29 is 30.7 Å². The summed E-state index contributed by atoms with van der Waals surface area (Å²) in [6.07, 6.45) is 2.25. The van der Waals surface area contributed by atoms with Gasteiger partial charge < -0.3 is 15.4 Å². The third-order valence-corrected chi connectivity index (χ3v) is 3.01. The monoisotopic (exact) mass is 411 g/mol. The molecule has 0 saturated carbocycles. The van der Waals surface area contributed by atoms with E-state index in [4.69, 9.17) is 25.0 Å². The Bertz CT molecular complexity index is 721. The van der Waals surface area contributed by atoms with Crippen molar-refractivity contribution in [2.24, 2.45) is 5.73 Å². The summed E-state index contributed by atoms with van der Waals surface area (Å²) in [6.45, 7) is 0.787. The van der Waals surface area contributed by atoms with E-state index in [-0.39, 0.29) is 12.1 Å². The normalized spacial score (nSPS) is 20.4. The van der Waals surface area contributed by atoms with Gasteiger partial charge in [-0.1, -0.05) is 18.2 Å². The number of amidine groups is 1. The standard InChI is InChI=1S/C12H17N3O.2CH4O3S/c1-16-10-7-8-15(12(14)11(10)13)9-5-3-2-4-6-9;2*1-5(2,3)4/h2-6,10-11,14H,7-8,13H2,1H3;2*1H3,(H,2,3,4). The largest absolute Gasteiger partial charge is 0.379 e. The summed E-state index contributed by atoms with van der Waals surface area (Å²) in [6, 6.07) is 9.56. The number of nitrogens with one attached hydrogen (secondary N) is 1. The molecule has 26 heavy (non-hydrogen) atoms. The maximum absolute atomic E-state index is 9.19. The third-order valence-electron chi connectivity index (χ3n) is 3.01. The number of hydrogen-bond acceptors (Lipinski definition) is 7. The molecular weight excluding hydrogens is 386 g/mol. The summed E-state index contributed by atoms with van der Waals surface area (Å²) in [5.41, 5.74) is 7.00. The van der Waals surface area contributed by atoms with Crippen LogP contribution >= 0.6 is 0 Å². The second kappa shape index (κ2) is 10.5. The zero-order valence-corrected chi connectivity index (χ0v) is 16.4. The molecule has 0 spiro atoms. The molecule has 2 atom stereocenters. The van der Waals surface area contributed by atoms with Crippen molar-refractivity contribution in [2.75, 3.05) is 31.1 Å². The average molecular weight is 412 g/mol. The van der Waals surface area contributed by atoms with Crippen LogP contribution in [0.4, 0.5) is 5.69 Å². The van der Waals surface area contributed by atoms with Gasteiger partial charge in [0.15, 0.2) is 0 Å². The molecule has 1 fully saturated rings. The van der Waals surface area contributed by atoms with E-state index < -0.39 is 20.2 Å². The molecule has 1 aromatic rings. The molecule has 0 amide bonds. The van der Waals surface area contributed by atoms with Gasteiger partial charge in [-0.05, 0) is 18.6 Å². The number of nitrogens with zero attached hydrogens (tertiary/aromatic N) is 1. The number of benzene rings is 1. The Morgan fingerprint density at radius 2 is 1.54 bits per heavy atom. The molecule has 2 rings (SSSR count). The minimum atomic E-state index is -3.67. The van der Waals surface area contributed by atoms with Gasteiger partial charge in [0.2, 0.25) is 0 Å².